The van der Waals surface area contributed by atoms with E-state index in [0.29, 0.717) is 18.8 Å². The number of rotatable bonds is 3. The van der Waals surface area contributed by atoms with Gasteiger partial charge in [0.2, 0.25) is 0 Å². The Kier molecular flexibility index (Phi) is 2.84. The van der Waals surface area contributed by atoms with Gasteiger partial charge in [0.1, 0.15) is 0 Å². The quantitative estimate of drug-likeness (QED) is 0.780. The standard InChI is InChI=1S/C10H17N3O/c1-8-2-3-10(14-8)7-13-5-4-9(6-11)12-13/h4-5,8,10H,2-3,6-7,11H2,1H3. The molecule has 2 N–H and O–H groups in total. The molecular weight excluding hydrogens is 178 g/mol. The molecule has 1 aliphatic rings. The van der Waals surface area contributed by atoms with E-state index in [9.17, 15) is 0 Å². The first-order valence-electron chi connectivity index (χ1n) is 5.16. The number of nitrogens with zero attached hydrogens (tertiary/aromatic N) is 2. The number of nitrogens with two attached hydrogens (primary N) is 1. The second kappa shape index (κ2) is 4.11. The first-order chi connectivity index (χ1) is 6.78. The lowest BCUT2D eigenvalue weighted by molar-refractivity contribution is 0.0436. The zero-order valence-corrected chi connectivity index (χ0v) is 8.52. The fraction of sp³-hybridized carbons (Fsp3) is 0.700. The van der Waals surface area contributed by atoms with Gasteiger partial charge in [0.25, 0.3) is 0 Å². The molecule has 2 unspecified atom stereocenters. The summed E-state index contributed by atoms with van der Waals surface area (Å²) in [6.45, 7) is 3.48. The van der Waals surface area contributed by atoms with Crippen molar-refractivity contribution in [2.45, 2.75) is 45.1 Å². The maximum atomic E-state index is 5.72. The molecule has 0 aliphatic carbocycles. The van der Waals surface area contributed by atoms with Crippen LogP contribution in [0.15, 0.2) is 12.3 Å². The Morgan fingerprint density at radius 3 is 3.07 bits per heavy atom. The van der Waals surface area contributed by atoms with Crippen LogP contribution in [0, 0.1) is 0 Å². The molecule has 0 aromatic carbocycles. The van der Waals surface area contributed by atoms with Crippen molar-refractivity contribution in [3.8, 4) is 0 Å². The molecule has 2 rings (SSSR count). The number of hydrogen-bond acceptors (Lipinski definition) is 3. The van der Waals surface area contributed by atoms with Crippen LogP contribution in [0.5, 0.6) is 0 Å². The summed E-state index contributed by atoms with van der Waals surface area (Å²) >= 11 is 0. The van der Waals surface area contributed by atoms with Crippen LogP contribution in [0.25, 0.3) is 0 Å². The smallest absolute Gasteiger partial charge is 0.0775 e. The minimum absolute atomic E-state index is 0.329. The average Bonchev–Trinajstić information content (AvgIpc) is 2.76. The molecule has 2 atom stereocenters. The lowest BCUT2D eigenvalue weighted by Gasteiger charge is -2.10. The predicted molar refractivity (Wildman–Crippen MR) is 53.7 cm³/mol. The van der Waals surface area contributed by atoms with Crippen molar-refractivity contribution in [2.75, 3.05) is 0 Å². The van der Waals surface area contributed by atoms with E-state index in [2.05, 4.69) is 12.0 Å². The van der Waals surface area contributed by atoms with E-state index in [1.807, 2.05) is 16.9 Å². The lowest BCUT2D eigenvalue weighted by Crippen LogP contribution is -2.17. The van der Waals surface area contributed by atoms with E-state index in [0.717, 1.165) is 25.1 Å². The molecule has 1 aliphatic heterocycles. The normalized spacial score (nSPS) is 27.0. The Labute approximate surface area is 84.0 Å². The van der Waals surface area contributed by atoms with Crippen LogP contribution in [0.2, 0.25) is 0 Å². The monoisotopic (exact) mass is 195 g/mol. The fourth-order valence-corrected chi connectivity index (χ4v) is 1.84. The van der Waals surface area contributed by atoms with Crippen LogP contribution < -0.4 is 5.73 Å². The summed E-state index contributed by atoms with van der Waals surface area (Å²) < 4.78 is 7.64. The summed E-state index contributed by atoms with van der Waals surface area (Å²) in [5.74, 6) is 0. The van der Waals surface area contributed by atoms with Crippen molar-refractivity contribution >= 4 is 0 Å². The van der Waals surface area contributed by atoms with Gasteiger partial charge >= 0.3 is 0 Å². The highest BCUT2D eigenvalue weighted by Crippen LogP contribution is 2.20. The first kappa shape index (κ1) is 9.68. The second-order valence-corrected chi connectivity index (χ2v) is 3.88. The van der Waals surface area contributed by atoms with Gasteiger partial charge in [-0.05, 0) is 25.8 Å². The summed E-state index contributed by atoms with van der Waals surface area (Å²) in [7, 11) is 0. The van der Waals surface area contributed by atoms with Crippen LogP contribution in [0.3, 0.4) is 0 Å². The summed E-state index contributed by atoms with van der Waals surface area (Å²) in [6.07, 6.45) is 5.00. The number of ether oxygens (including phenoxy) is 1. The predicted octanol–water partition coefficient (Wildman–Crippen LogP) is 0.909. The molecule has 0 bridgehead atoms. The molecular formula is C10H17N3O. The van der Waals surface area contributed by atoms with E-state index >= 15 is 0 Å². The number of hydrogen-bond donors (Lipinski definition) is 1. The van der Waals surface area contributed by atoms with E-state index in [-0.39, 0.29) is 0 Å². The molecule has 1 fully saturated rings. The van der Waals surface area contributed by atoms with Crippen LogP contribution in [0.4, 0.5) is 0 Å². The van der Waals surface area contributed by atoms with E-state index in [4.69, 9.17) is 10.5 Å². The molecule has 1 aromatic rings. The van der Waals surface area contributed by atoms with Crippen molar-refractivity contribution in [2.24, 2.45) is 5.73 Å². The van der Waals surface area contributed by atoms with Crippen molar-refractivity contribution in [3.63, 3.8) is 0 Å². The molecule has 1 saturated heterocycles. The van der Waals surface area contributed by atoms with E-state index in [1.54, 1.807) is 0 Å². The Bertz CT molecular complexity index is 297. The van der Waals surface area contributed by atoms with Crippen LogP contribution in [-0.2, 0) is 17.8 Å². The topological polar surface area (TPSA) is 53.1 Å². The molecule has 4 heteroatoms. The third kappa shape index (κ3) is 2.13. The minimum atomic E-state index is 0.329. The van der Waals surface area contributed by atoms with Crippen molar-refractivity contribution in [1.29, 1.82) is 0 Å². The third-order valence-electron chi connectivity index (χ3n) is 2.62. The molecule has 2 heterocycles. The minimum Gasteiger partial charge on any atom is -0.373 e. The summed E-state index contributed by atoms with van der Waals surface area (Å²) in [5, 5.41) is 4.33. The highest BCUT2D eigenvalue weighted by atomic mass is 16.5. The van der Waals surface area contributed by atoms with Crippen LogP contribution in [-0.4, -0.2) is 22.0 Å². The molecule has 78 valence electrons. The number of aromatic nitrogens is 2. The van der Waals surface area contributed by atoms with Gasteiger partial charge in [-0.1, -0.05) is 0 Å². The highest BCUT2D eigenvalue weighted by molar-refractivity contribution is 4.97. The van der Waals surface area contributed by atoms with Crippen molar-refractivity contribution in [3.05, 3.63) is 18.0 Å². The SMILES string of the molecule is CC1CCC(Cn2ccc(CN)n2)O1. The molecule has 0 amide bonds. The van der Waals surface area contributed by atoms with E-state index < -0.39 is 0 Å². The largest absolute Gasteiger partial charge is 0.373 e. The van der Waals surface area contributed by atoms with Crippen LogP contribution in [0.1, 0.15) is 25.5 Å². The molecule has 0 saturated carbocycles. The first-order valence-corrected chi connectivity index (χ1v) is 5.16. The second-order valence-electron chi connectivity index (χ2n) is 3.88. The Balaban J connectivity index is 1.90. The Morgan fingerprint density at radius 2 is 2.50 bits per heavy atom. The molecule has 0 spiro atoms. The summed E-state index contributed by atoms with van der Waals surface area (Å²) in [6, 6.07) is 1.96. The lowest BCUT2D eigenvalue weighted by atomic mass is 10.2. The zero-order valence-electron chi connectivity index (χ0n) is 8.52. The van der Waals surface area contributed by atoms with Crippen molar-refractivity contribution < 1.29 is 4.74 Å². The van der Waals surface area contributed by atoms with Gasteiger partial charge in [-0.15, -0.1) is 0 Å². The fourth-order valence-electron chi connectivity index (χ4n) is 1.84. The maximum absolute atomic E-state index is 5.72. The molecule has 4 nitrogen and oxygen atoms in total. The Hall–Kier alpha value is -0.870. The molecule has 1 aromatic heterocycles. The summed E-state index contributed by atoms with van der Waals surface area (Å²) in [5.41, 5.74) is 6.43. The van der Waals surface area contributed by atoms with Gasteiger partial charge in [0.05, 0.1) is 24.4 Å². The zero-order chi connectivity index (χ0) is 9.97. The van der Waals surface area contributed by atoms with Gasteiger partial charge in [0.15, 0.2) is 0 Å². The third-order valence-corrected chi connectivity index (χ3v) is 2.62. The highest BCUT2D eigenvalue weighted by Gasteiger charge is 2.22. The van der Waals surface area contributed by atoms with Gasteiger partial charge in [-0.25, -0.2) is 0 Å². The van der Waals surface area contributed by atoms with E-state index in [1.165, 1.54) is 0 Å². The maximum Gasteiger partial charge on any atom is 0.0775 e. The van der Waals surface area contributed by atoms with Gasteiger partial charge in [-0.2, -0.15) is 5.10 Å². The summed E-state index contributed by atoms with van der Waals surface area (Å²) in [4.78, 5) is 0. The van der Waals surface area contributed by atoms with Crippen LogP contribution >= 0.6 is 0 Å². The van der Waals surface area contributed by atoms with Gasteiger partial charge < -0.3 is 10.5 Å². The van der Waals surface area contributed by atoms with Gasteiger partial charge in [0, 0.05) is 12.7 Å². The van der Waals surface area contributed by atoms with Crippen molar-refractivity contribution in [1.82, 2.24) is 9.78 Å². The molecule has 0 radical (unpaired) electrons. The Morgan fingerprint density at radius 1 is 1.64 bits per heavy atom. The van der Waals surface area contributed by atoms with Gasteiger partial charge in [-0.3, -0.25) is 4.68 Å². The average molecular weight is 195 g/mol. The molecule has 14 heavy (non-hydrogen) atoms.